The third-order valence-electron chi connectivity index (χ3n) is 6.53. The summed E-state index contributed by atoms with van der Waals surface area (Å²) in [5.74, 6) is 2.03. The second-order valence-electron chi connectivity index (χ2n) is 9.48. The summed E-state index contributed by atoms with van der Waals surface area (Å²) in [6.45, 7) is 4.77. The Labute approximate surface area is 213 Å². The maximum Gasteiger partial charge on any atom is 0.251 e. The van der Waals surface area contributed by atoms with Crippen LogP contribution in [-0.2, 0) is 12.3 Å². The molecule has 0 bridgehead atoms. The fourth-order valence-electron chi connectivity index (χ4n) is 4.30. The molecule has 1 aliphatic rings. The first-order valence-corrected chi connectivity index (χ1v) is 13.5. The van der Waals surface area contributed by atoms with Gasteiger partial charge in [-0.05, 0) is 48.6 Å². The molecule has 1 aliphatic carbocycles. The van der Waals surface area contributed by atoms with Gasteiger partial charge in [0.05, 0.1) is 12.2 Å². The molecule has 6 nitrogen and oxygen atoms in total. The summed E-state index contributed by atoms with van der Waals surface area (Å²) < 4.78 is 0. The van der Waals surface area contributed by atoms with Crippen molar-refractivity contribution < 1.29 is 4.79 Å². The van der Waals surface area contributed by atoms with Gasteiger partial charge in [-0.2, -0.15) is 0 Å². The summed E-state index contributed by atoms with van der Waals surface area (Å²) in [6.07, 6.45) is 8.15. The smallest absolute Gasteiger partial charge is 0.251 e. The van der Waals surface area contributed by atoms with Gasteiger partial charge in [-0.15, -0.1) is 0 Å². The minimum absolute atomic E-state index is 0.0989. The third-order valence-corrected chi connectivity index (χ3v) is 7.45. The fraction of sp³-hybridized carbons (Fsp3) is 0.429. The molecule has 184 valence electrons. The minimum atomic E-state index is -0.0989. The Morgan fingerprint density at radius 2 is 1.86 bits per heavy atom. The highest BCUT2D eigenvalue weighted by Crippen LogP contribution is 2.29. The lowest BCUT2D eigenvalue weighted by molar-refractivity contribution is 0.0950. The van der Waals surface area contributed by atoms with Gasteiger partial charge in [0.2, 0.25) is 0 Å². The van der Waals surface area contributed by atoms with Crippen LogP contribution in [0.2, 0.25) is 0 Å². The number of pyridine rings is 1. The number of carbonyl (C=O) groups is 1. The number of amides is 1. The summed E-state index contributed by atoms with van der Waals surface area (Å²) in [6, 6.07) is 16.1. The van der Waals surface area contributed by atoms with Crippen LogP contribution in [0.15, 0.2) is 59.9 Å². The van der Waals surface area contributed by atoms with Crippen molar-refractivity contribution in [3.05, 3.63) is 77.2 Å². The van der Waals surface area contributed by atoms with E-state index in [4.69, 9.17) is 9.97 Å². The van der Waals surface area contributed by atoms with E-state index in [1.165, 1.54) is 32.1 Å². The fourth-order valence-corrected chi connectivity index (χ4v) is 5.12. The van der Waals surface area contributed by atoms with E-state index >= 15 is 0 Å². The molecule has 0 radical (unpaired) electrons. The van der Waals surface area contributed by atoms with E-state index in [-0.39, 0.29) is 5.91 Å². The third kappa shape index (κ3) is 7.04. The summed E-state index contributed by atoms with van der Waals surface area (Å²) >= 11 is 1.65. The number of thioether (sulfide) groups is 1. The molecule has 0 spiro atoms. The van der Waals surface area contributed by atoms with Crippen LogP contribution < -0.4 is 10.2 Å². The molecular weight excluding hydrogens is 454 g/mol. The monoisotopic (exact) mass is 489 g/mol. The van der Waals surface area contributed by atoms with Gasteiger partial charge in [0.25, 0.3) is 5.91 Å². The molecule has 35 heavy (non-hydrogen) atoms. The summed E-state index contributed by atoms with van der Waals surface area (Å²) in [7, 11) is 2.18. The van der Waals surface area contributed by atoms with Gasteiger partial charge in [-0.25, -0.2) is 9.97 Å². The molecular formula is C28H35N5OS. The molecule has 1 saturated carbocycles. The molecule has 4 rings (SSSR count). The molecule has 1 fully saturated rings. The highest BCUT2D eigenvalue weighted by Gasteiger charge is 2.21. The standard InChI is InChI=1S/C28H35N5OS/c1-20(2)25-17-26(33(3)24-10-5-4-6-11-24)32-28(31-25)35-19-21-12-14-22(15-13-21)27(34)30-18-23-9-7-8-16-29-23/h7-9,12-17,20,24H,4-6,10-11,18-19H2,1-3H3,(H,30,34). The van der Waals surface area contributed by atoms with Crippen LogP contribution in [-0.4, -0.2) is 33.9 Å². The summed E-state index contributed by atoms with van der Waals surface area (Å²) in [4.78, 5) is 28.8. The molecule has 7 heteroatoms. The summed E-state index contributed by atoms with van der Waals surface area (Å²) in [5.41, 5.74) is 3.70. The van der Waals surface area contributed by atoms with E-state index in [2.05, 4.69) is 42.2 Å². The van der Waals surface area contributed by atoms with Crippen LogP contribution in [0.1, 0.15) is 79.2 Å². The number of aromatic nitrogens is 3. The Morgan fingerprint density at radius 3 is 2.54 bits per heavy atom. The Hall–Kier alpha value is -2.93. The Morgan fingerprint density at radius 1 is 1.09 bits per heavy atom. The van der Waals surface area contributed by atoms with Gasteiger partial charge < -0.3 is 10.2 Å². The van der Waals surface area contributed by atoms with Crippen LogP contribution in [0.4, 0.5) is 5.82 Å². The number of anilines is 1. The normalized spacial score (nSPS) is 14.2. The van der Waals surface area contributed by atoms with Crippen LogP contribution >= 0.6 is 11.8 Å². The van der Waals surface area contributed by atoms with Crippen molar-refractivity contribution in [1.82, 2.24) is 20.3 Å². The first-order valence-electron chi connectivity index (χ1n) is 12.5. The van der Waals surface area contributed by atoms with Gasteiger partial charge in [0.1, 0.15) is 5.82 Å². The van der Waals surface area contributed by atoms with Crippen molar-refractivity contribution in [2.24, 2.45) is 0 Å². The molecule has 3 aromatic rings. The number of nitrogens with zero attached hydrogens (tertiary/aromatic N) is 4. The van der Waals surface area contributed by atoms with Crippen molar-refractivity contribution in [3.63, 3.8) is 0 Å². The van der Waals surface area contributed by atoms with E-state index < -0.39 is 0 Å². The number of carbonyl (C=O) groups excluding carboxylic acids is 1. The van der Waals surface area contributed by atoms with E-state index in [0.29, 0.717) is 24.1 Å². The average Bonchev–Trinajstić information content (AvgIpc) is 2.91. The first kappa shape index (κ1) is 25.2. The van der Waals surface area contributed by atoms with Crippen LogP contribution in [0.5, 0.6) is 0 Å². The molecule has 0 unspecified atom stereocenters. The average molecular weight is 490 g/mol. The molecule has 0 atom stereocenters. The molecule has 2 aromatic heterocycles. The maximum atomic E-state index is 12.5. The number of nitrogens with one attached hydrogen (secondary N) is 1. The zero-order valence-electron chi connectivity index (χ0n) is 20.9. The van der Waals surface area contributed by atoms with Crippen LogP contribution in [0.25, 0.3) is 0 Å². The predicted molar refractivity (Wildman–Crippen MR) is 143 cm³/mol. The lowest BCUT2D eigenvalue weighted by atomic mass is 9.94. The van der Waals surface area contributed by atoms with Gasteiger partial charge in [0, 0.05) is 42.4 Å². The second-order valence-corrected chi connectivity index (χ2v) is 10.4. The SMILES string of the molecule is CC(C)c1cc(N(C)C2CCCCC2)nc(SCc2ccc(C(=O)NCc3ccccn3)cc2)n1. The Kier molecular flexibility index (Phi) is 8.74. The van der Waals surface area contributed by atoms with E-state index in [1.54, 1.807) is 18.0 Å². The Balaban J connectivity index is 1.38. The zero-order valence-corrected chi connectivity index (χ0v) is 21.7. The molecule has 1 aromatic carbocycles. The Bertz CT molecular complexity index is 1100. The van der Waals surface area contributed by atoms with Crippen molar-refractivity contribution >= 4 is 23.5 Å². The lowest BCUT2D eigenvalue weighted by Gasteiger charge is -2.32. The van der Waals surface area contributed by atoms with Crippen LogP contribution in [0, 0.1) is 0 Å². The molecule has 0 saturated heterocycles. The minimum Gasteiger partial charge on any atom is -0.357 e. The molecule has 1 N–H and O–H groups in total. The van der Waals surface area contributed by atoms with Crippen LogP contribution in [0.3, 0.4) is 0 Å². The number of hydrogen-bond donors (Lipinski definition) is 1. The van der Waals surface area contributed by atoms with E-state index in [1.807, 2.05) is 42.5 Å². The number of benzene rings is 1. The van der Waals surface area contributed by atoms with E-state index in [9.17, 15) is 4.79 Å². The second kappa shape index (κ2) is 12.2. The van der Waals surface area contributed by atoms with Gasteiger partial charge >= 0.3 is 0 Å². The van der Waals surface area contributed by atoms with Crippen molar-refractivity contribution in [1.29, 1.82) is 0 Å². The van der Waals surface area contributed by atoms with Crippen molar-refractivity contribution in [3.8, 4) is 0 Å². The van der Waals surface area contributed by atoms with Gasteiger partial charge in [-0.3, -0.25) is 9.78 Å². The molecule has 0 aliphatic heterocycles. The number of rotatable bonds is 9. The zero-order chi connectivity index (χ0) is 24.6. The number of hydrogen-bond acceptors (Lipinski definition) is 6. The van der Waals surface area contributed by atoms with Crippen molar-refractivity contribution in [2.45, 2.75) is 75.4 Å². The largest absolute Gasteiger partial charge is 0.357 e. The lowest BCUT2D eigenvalue weighted by Crippen LogP contribution is -2.34. The highest BCUT2D eigenvalue weighted by molar-refractivity contribution is 7.98. The topological polar surface area (TPSA) is 71.0 Å². The van der Waals surface area contributed by atoms with E-state index in [0.717, 1.165) is 33.7 Å². The first-order chi connectivity index (χ1) is 17.0. The molecule has 1 amide bonds. The summed E-state index contributed by atoms with van der Waals surface area (Å²) in [5, 5.41) is 3.73. The highest BCUT2D eigenvalue weighted by atomic mass is 32.2. The predicted octanol–water partition coefficient (Wildman–Crippen LogP) is 5.99. The van der Waals surface area contributed by atoms with Gasteiger partial charge in [0.15, 0.2) is 5.16 Å². The quantitative estimate of drug-likeness (QED) is 0.294. The van der Waals surface area contributed by atoms with Gasteiger partial charge in [-0.1, -0.05) is 63.1 Å². The molecule has 2 heterocycles. The maximum absolute atomic E-state index is 12.5. The van der Waals surface area contributed by atoms with Crippen molar-refractivity contribution in [2.75, 3.05) is 11.9 Å².